The molecular weight excluding hydrogens is 404 g/mol. The second-order valence-electron chi connectivity index (χ2n) is 7.84. The van der Waals surface area contributed by atoms with Gasteiger partial charge in [-0.3, -0.25) is 9.59 Å². The van der Waals surface area contributed by atoms with E-state index in [9.17, 15) is 9.59 Å². The molecule has 0 atom stereocenters. The van der Waals surface area contributed by atoms with E-state index in [0.717, 1.165) is 12.1 Å². The molecule has 1 aromatic heterocycles. The average molecular weight is 428 g/mol. The standard InChI is InChI=1S/C25H24N4O3/c30-24(21-5-3-12-26-23(21)28-14-16-32-17-15-28)27-20-9-7-19(8-10-20)25(31)29-13-11-18-4-1-2-6-22(18)29/h1-10,12H,11,13-17H2,(H,27,30). The van der Waals surface area contributed by atoms with Crippen molar-refractivity contribution in [3.8, 4) is 0 Å². The Bertz CT molecular complexity index is 1140. The molecule has 0 saturated carbocycles. The number of hydrogen-bond acceptors (Lipinski definition) is 5. The molecule has 7 heteroatoms. The highest BCUT2D eigenvalue weighted by molar-refractivity contribution is 6.09. The van der Waals surface area contributed by atoms with E-state index in [1.165, 1.54) is 5.56 Å². The molecule has 1 fully saturated rings. The van der Waals surface area contributed by atoms with Crippen LogP contribution in [0.3, 0.4) is 0 Å². The van der Waals surface area contributed by atoms with Crippen LogP contribution in [0.1, 0.15) is 26.3 Å². The first-order chi connectivity index (χ1) is 15.7. The lowest BCUT2D eigenvalue weighted by Gasteiger charge is -2.29. The van der Waals surface area contributed by atoms with Gasteiger partial charge < -0.3 is 19.9 Å². The summed E-state index contributed by atoms with van der Waals surface area (Å²) >= 11 is 0. The topological polar surface area (TPSA) is 74.8 Å². The molecule has 0 bridgehead atoms. The maximum Gasteiger partial charge on any atom is 0.259 e. The van der Waals surface area contributed by atoms with Gasteiger partial charge in [-0.2, -0.15) is 0 Å². The first-order valence-electron chi connectivity index (χ1n) is 10.8. The third-order valence-electron chi connectivity index (χ3n) is 5.86. The first-order valence-corrected chi connectivity index (χ1v) is 10.8. The SMILES string of the molecule is O=C(Nc1ccc(C(=O)N2CCc3ccccc32)cc1)c1cccnc1N1CCOCC1. The van der Waals surface area contributed by atoms with Gasteiger partial charge in [0.05, 0.1) is 18.8 Å². The summed E-state index contributed by atoms with van der Waals surface area (Å²) in [6.45, 7) is 3.33. The van der Waals surface area contributed by atoms with Gasteiger partial charge in [-0.1, -0.05) is 18.2 Å². The minimum absolute atomic E-state index is 0.0327. The van der Waals surface area contributed by atoms with Gasteiger partial charge in [0.25, 0.3) is 11.8 Å². The van der Waals surface area contributed by atoms with Crippen LogP contribution in [0.15, 0.2) is 66.9 Å². The van der Waals surface area contributed by atoms with Crippen LogP contribution in [0.5, 0.6) is 0 Å². The zero-order valence-electron chi connectivity index (χ0n) is 17.7. The summed E-state index contributed by atoms with van der Waals surface area (Å²) in [4.78, 5) is 34.3. The molecule has 1 saturated heterocycles. The number of carbonyl (C=O) groups excluding carboxylic acids is 2. The Kier molecular flexibility index (Phi) is 5.56. The van der Waals surface area contributed by atoms with Gasteiger partial charge in [-0.05, 0) is 54.4 Å². The largest absolute Gasteiger partial charge is 0.378 e. The Balaban J connectivity index is 1.30. The van der Waals surface area contributed by atoms with Gasteiger partial charge in [0.1, 0.15) is 5.82 Å². The Morgan fingerprint density at radius 2 is 1.69 bits per heavy atom. The predicted molar refractivity (Wildman–Crippen MR) is 123 cm³/mol. The molecule has 0 spiro atoms. The van der Waals surface area contributed by atoms with Crippen LogP contribution in [-0.2, 0) is 11.2 Å². The molecule has 162 valence electrons. The van der Waals surface area contributed by atoms with Crippen LogP contribution in [0.2, 0.25) is 0 Å². The second kappa shape index (κ2) is 8.80. The molecule has 5 rings (SSSR count). The van der Waals surface area contributed by atoms with E-state index >= 15 is 0 Å². The zero-order chi connectivity index (χ0) is 21.9. The van der Waals surface area contributed by atoms with Crippen molar-refractivity contribution in [2.45, 2.75) is 6.42 Å². The van der Waals surface area contributed by atoms with E-state index in [2.05, 4.69) is 21.3 Å². The highest BCUT2D eigenvalue weighted by atomic mass is 16.5. The van der Waals surface area contributed by atoms with Crippen LogP contribution in [-0.4, -0.2) is 49.6 Å². The van der Waals surface area contributed by atoms with E-state index in [1.54, 1.807) is 42.6 Å². The lowest BCUT2D eigenvalue weighted by Crippen LogP contribution is -2.38. The van der Waals surface area contributed by atoms with Crippen molar-refractivity contribution < 1.29 is 14.3 Å². The Morgan fingerprint density at radius 3 is 2.50 bits per heavy atom. The molecule has 0 radical (unpaired) electrons. The second-order valence-corrected chi connectivity index (χ2v) is 7.84. The van der Waals surface area contributed by atoms with Gasteiger partial charge >= 0.3 is 0 Å². The summed E-state index contributed by atoms with van der Waals surface area (Å²) in [7, 11) is 0. The van der Waals surface area contributed by atoms with E-state index in [4.69, 9.17) is 4.74 Å². The van der Waals surface area contributed by atoms with Crippen molar-refractivity contribution in [2.24, 2.45) is 0 Å². The summed E-state index contributed by atoms with van der Waals surface area (Å²) in [5, 5.41) is 2.93. The van der Waals surface area contributed by atoms with E-state index < -0.39 is 0 Å². The van der Waals surface area contributed by atoms with Crippen molar-refractivity contribution in [2.75, 3.05) is 48.0 Å². The molecule has 7 nitrogen and oxygen atoms in total. The van der Waals surface area contributed by atoms with Crippen LogP contribution < -0.4 is 15.1 Å². The number of aromatic nitrogens is 1. The number of nitrogens with zero attached hydrogens (tertiary/aromatic N) is 3. The van der Waals surface area contributed by atoms with Gasteiger partial charge in [-0.25, -0.2) is 4.98 Å². The number of nitrogens with one attached hydrogen (secondary N) is 1. The number of morpholine rings is 1. The number of hydrogen-bond donors (Lipinski definition) is 1. The van der Waals surface area contributed by atoms with Crippen molar-refractivity contribution in [3.05, 3.63) is 83.6 Å². The van der Waals surface area contributed by atoms with Crippen molar-refractivity contribution >= 4 is 29.0 Å². The fourth-order valence-corrected chi connectivity index (χ4v) is 4.20. The highest BCUT2D eigenvalue weighted by Gasteiger charge is 2.25. The molecule has 0 unspecified atom stereocenters. The molecule has 0 aliphatic carbocycles. The molecule has 2 aliphatic rings. The number of benzene rings is 2. The number of pyridine rings is 1. The van der Waals surface area contributed by atoms with Gasteiger partial charge in [0.15, 0.2) is 0 Å². The third-order valence-corrected chi connectivity index (χ3v) is 5.86. The first kappa shape index (κ1) is 20.2. The van der Waals surface area contributed by atoms with Crippen molar-refractivity contribution in [1.29, 1.82) is 0 Å². The highest BCUT2D eigenvalue weighted by Crippen LogP contribution is 2.29. The Labute approximate surface area is 186 Å². The van der Waals surface area contributed by atoms with Crippen LogP contribution in [0, 0.1) is 0 Å². The summed E-state index contributed by atoms with van der Waals surface area (Å²) in [6, 6.07) is 18.6. The molecule has 32 heavy (non-hydrogen) atoms. The van der Waals surface area contributed by atoms with Crippen LogP contribution >= 0.6 is 0 Å². The fraction of sp³-hybridized carbons (Fsp3) is 0.240. The minimum Gasteiger partial charge on any atom is -0.378 e. The molecule has 1 N–H and O–H groups in total. The molecule has 2 aliphatic heterocycles. The van der Waals surface area contributed by atoms with Crippen molar-refractivity contribution in [1.82, 2.24) is 4.98 Å². The van der Waals surface area contributed by atoms with Gasteiger partial charge in [-0.15, -0.1) is 0 Å². The fourth-order valence-electron chi connectivity index (χ4n) is 4.20. The van der Waals surface area contributed by atoms with Crippen LogP contribution in [0.25, 0.3) is 0 Å². The Hall–Kier alpha value is -3.71. The molecule has 3 aromatic rings. The molecule has 2 aromatic carbocycles. The lowest BCUT2D eigenvalue weighted by atomic mass is 10.1. The molecule has 2 amide bonds. The smallest absolute Gasteiger partial charge is 0.259 e. The lowest BCUT2D eigenvalue weighted by molar-refractivity contribution is 0.0988. The van der Waals surface area contributed by atoms with Gasteiger partial charge in [0, 0.05) is 42.8 Å². The quantitative estimate of drug-likeness (QED) is 0.690. The number of anilines is 3. The number of amides is 2. The van der Waals surface area contributed by atoms with Crippen molar-refractivity contribution in [3.63, 3.8) is 0 Å². The van der Waals surface area contributed by atoms with E-state index in [0.29, 0.717) is 55.5 Å². The molecule has 3 heterocycles. The van der Waals surface area contributed by atoms with E-state index in [1.807, 2.05) is 23.1 Å². The summed E-state index contributed by atoms with van der Waals surface area (Å²) in [5.74, 6) is 0.398. The summed E-state index contributed by atoms with van der Waals surface area (Å²) in [5.41, 5.74) is 3.91. The van der Waals surface area contributed by atoms with E-state index in [-0.39, 0.29) is 11.8 Å². The maximum atomic E-state index is 13.0. The number of para-hydroxylation sites is 1. The van der Waals surface area contributed by atoms with Gasteiger partial charge in [0.2, 0.25) is 0 Å². The monoisotopic (exact) mass is 428 g/mol. The minimum atomic E-state index is -0.230. The molecular formula is C25H24N4O3. The van der Waals surface area contributed by atoms with Crippen LogP contribution in [0.4, 0.5) is 17.2 Å². The summed E-state index contributed by atoms with van der Waals surface area (Å²) < 4.78 is 5.40. The average Bonchev–Trinajstić information content (AvgIpc) is 3.29. The zero-order valence-corrected chi connectivity index (χ0v) is 17.7. The predicted octanol–water partition coefficient (Wildman–Crippen LogP) is 3.37. The summed E-state index contributed by atoms with van der Waals surface area (Å²) in [6.07, 6.45) is 2.56. The third kappa shape index (κ3) is 3.94. The number of rotatable bonds is 4. The number of fused-ring (bicyclic) bond motifs is 1. The number of ether oxygens (including phenoxy) is 1. The normalized spacial score (nSPS) is 15.4. The Morgan fingerprint density at radius 1 is 0.906 bits per heavy atom. The number of carbonyl (C=O) groups is 2. The maximum absolute atomic E-state index is 13.0.